The van der Waals surface area contributed by atoms with E-state index in [9.17, 15) is 19.2 Å². The second-order valence-electron chi connectivity index (χ2n) is 10.7. The monoisotopic (exact) mass is 708 g/mol. The van der Waals surface area contributed by atoms with E-state index < -0.39 is 34.8 Å². The molecule has 3 atom stereocenters. The van der Waals surface area contributed by atoms with E-state index in [1.165, 1.54) is 33.6 Å². The lowest BCUT2D eigenvalue weighted by Gasteiger charge is -2.54. The molecule has 0 aliphatic carbocycles. The van der Waals surface area contributed by atoms with Gasteiger partial charge < -0.3 is 20.3 Å². The number of β-lactam (4-membered cyclic amide) rings is 1. The number of esters is 1. The van der Waals surface area contributed by atoms with Crippen molar-refractivity contribution in [1.29, 1.82) is 0 Å². The Morgan fingerprint density at radius 3 is 2.49 bits per heavy atom. The lowest BCUT2D eigenvalue weighted by molar-refractivity contribution is -0.164. The van der Waals surface area contributed by atoms with Crippen LogP contribution in [0.2, 0.25) is 0 Å². The highest BCUT2D eigenvalue weighted by atomic mass is 32.2. The summed E-state index contributed by atoms with van der Waals surface area (Å²) in [5, 5.41) is 20.3. The first-order valence-corrected chi connectivity index (χ1v) is 17.7. The number of nitrogens with zero attached hydrogens (tertiary/aromatic N) is 6. The first-order valence-electron chi connectivity index (χ1n) is 14.2. The van der Waals surface area contributed by atoms with Gasteiger partial charge in [0.1, 0.15) is 16.8 Å². The van der Waals surface area contributed by atoms with Gasteiger partial charge in [-0.25, -0.2) is 9.67 Å². The van der Waals surface area contributed by atoms with E-state index in [4.69, 9.17) is 4.74 Å². The predicted molar refractivity (Wildman–Crippen MR) is 181 cm³/mol. The van der Waals surface area contributed by atoms with Crippen molar-refractivity contribution < 1.29 is 23.9 Å². The summed E-state index contributed by atoms with van der Waals surface area (Å²) < 4.78 is 7.85. The Morgan fingerprint density at radius 2 is 1.87 bits per heavy atom. The molecule has 0 spiro atoms. The van der Waals surface area contributed by atoms with Crippen molar-refractivity contribution in [3.63, 3.8) is 0 Å². The van der Waals surface area contributed by atoms with Crippen LogP contribution in [0.4, 0.5) is 5.13 Å². The Morgan fingerprint density at radius 1 is 1.17 bits per heavy atom. The number of amides is 3. The number of carbonyl (C=O) groups excluding carboxylic acids is 4. The summed E-state index contributed by atoms with van der Waals surface area (Å²) in [6, 6.07) is 18.2. The number of anilines is 1. The van der Waals surface area contributed by atoms with Gasteiger partial charge in [-0.1, -0.05) is 72.4 Å². The number of hydrogen-bond acceptors (Lipinski definition) is 13. The molecular weight excluding hydrogens is 681 g/mol. The second-order valence-corrected chi connectivity index (χ2v) is 13.9. The van der Waals surface area contributed by atoms with Gasteiger partial charge in [0, 0.05) is 30.5 Å². The van der Waals surface area contributed by atoms with Crippen molar-refractivity contribution in [2.45, 2.75) is 22.7 Å². The topological polar surface area (TPSA) is 161 Å². The summed E-state index contributed by atoms with van der Waals surface area (Å²) >= 11 is 8.05. The summed E-state index contributed by atoms with van der Waals surface area (Å²) in [6.07, 6.45) is -0.166. The number of aryl methyl sites for hydroxylation is 1. The van der Waals surface area contributed by atoms with Crippen LogP contribution in [0.3, 0.4) is 0 Å². The fourth-order valence-electron chi connectivity index (χ4n) is 5.23. The minimum atomic E-state index is -1.11. The number of thiol groups is 1. The maximum absolute atomic E-state index is 14.3. The summed E-state index contributed by atoms with van der Waals surface area (Å²) in [5.74, 6) is -0.724. The fourth-order valence-corrected chi connectivity index (χ4v) is 8.85. The number of benzene rings is 2. The third-order valence-electron chi connectivity index (χ3n) is 7.69. The highest BCUT2D eigenvalue weighted by Crippen LogP contribution is 2.46. The highest BCUT2D eigenvalue weighted by Gasteiger charge is 2.58. The van der Waals surface area contributed by atoms with Gasteiger partial charge in [0.25, 0.3) is 5.91 Å². The molecule has 2 fully saturated rings. The van der Waals surface area contributed by atoms with Gasteiger partial charge in [-0.15, -0.1) is 28.2 Å². The number of hydrogen-bond donors (Lipinski definition) is 3. The maximum Gasteiger partial charge on any atom is 0.316 e. The molecule has 4 heterocycles. The normalized spacial score (nSPS) is 20.7. The fraction of sp³-hybridized carbons (Fsp3) is 0.267. The van der Waals surface area contributed by atoms with E-state index in [0.29, 0.717) is 28.1 Å². The zero-order valence-electron chi connectivity index (χ0n) is 24.8. The van der Waals surface area contributed by atoms with Crippen LogP contribution in [0, 0.1) is 5.41 Å². The number of rotatable bonds is 12. The molecule has 2 aliphatic heterocycles. The smallest absolute Gasteiger partial charge is 0.316 e. The minimum absolute atomic E-state index is 0.0886. The summed E-state index contributed by atoms with van der Waals surface area (Å²) in [7, 11) is 1.71. The van der Waals surface area contributed by atoms with E-state index >= 15 is 0 Å². The molecule has 17 heteroatoms. The molecule has 2 saturated heterocycles. The van der Waals surface area contributed by atoms with Gasteiger partial charge in [0.2, 0.25) is 17.5 Å². The van der Waals surface area contributed by atoms with E-state index in [1.807, 2.05) is 60.7 Å². The number of fused-ring (bicyclic) bond motifs is 1. The Bertz CT molecular complexity index is 1760. The highest BCUT2D eigenvalue weighted by molar-refractivity contribution is 8.00. The van der Waals surface area contributed by atoms with Crippen LogP contribution in [0.15, 0.2) is 76.6 Å². The molecule has 0 bridgehead atoms. The molecule has 2 aromatic heterocycles. The molecule has 0 radical (unpaired) electrons. The summed E-state index contributed by atoms with van der Waals surface area (Å²) in [4.78, 5) is 57.7. The van der Waals surface area contributed by atoms with Gasteiger partial charge in [0.05, 0.1) is 11.3 Å². The van der Waals surface area contributed by atoms with E-state index in [-0.39, 0.29) is 23.8 Å². The quantitative estimate of drug-likeness (QED) is 0.0496. The van der Waals surface area contributed by atoms with Crippen LogP contribution in [0.25, 0.3) is 5.57 Å². The Hall–Kier alpha value is -4.19. The number of tetrazole rings is 1. The van der Waals surface area contributed by atoms with E-state index in [0.717, 1.165) is 22.5 Å². The number of carbonyl (C=O) groups is 4. The first-order chi connectivity index (χ1) is 22.8. The summed E-state index contributed by atoms with van der Waals surface area (Å²) in [5.41, 5.74) is 0.992. The molecule has 2 unspecified atom stereocenters. The number of thiazole rings is 1. The molecule has 13 nitrogen and oxygen atoms in total. The van der Waals surface area contributed by atoms with Crippen molar-refractivity contribution in [1.82, 2.24) is 35.4 Å². The first kappa shape index (κ1) is 32.7. The van der Waals surface area contributed by atoms with Crippen LogP contribution in [0.1, 0.15) is 22.9 Å². The van der Waals surface area contributed by atoms with Crippen LogP contribution in [0.5, 0.6) is 0 Å². The van der Waals surface area contributed by atoms with Gasteiger partial charge >= 0.3 is 5.97 Å². The number of nitrogens with one attached hydrogen (secondary N) is 2. The standard InChI is InChI=1S/C30H28N8O5S4/c1-37-29(34-35-36-37)47-16-30(27(42)43-23(18-8-4-2-5-9-18)19-10-6-3-7-11-19)14-38-25(41)22(26(38)46-15-30)33-24(40)20(12-44)21-13-45-28(32-21)31-17-39/h2-13,17,22-23,26,44H,14-16H2,1H3,(H,33,40)(H,31,32,39)/t22?,26-,30?/m1/s1. The molecule has 242 valence electrons. The average molecular weight is 709 g/mol. The zero-order chi connectivity index (χ0) is 33.0. The summed E-state index contributed by atoms with van der Waals surface area (Å²) in [6.45, 7) is 0.0886. The Labute approximate surface area is 287 Å². The van der Waals surface area contributed by atoms with Crippen molar-refractivity contribution >= 4 is 82.4 Å². The van der Waals surface area contributed by atoms with Gasteiger partial charge in [-0.2, -0.15) is 12.6 Å². The lowest BCUT2D eigenvalue weighted by Crippen LogP contribution is -2.74. The van der Waals surface area contributed by atoms with Gasteiger partial charge in [-0.3, -0.25) is 19.2 Å². The largest absolute Gasteiger partial charge is 0.452 e. The van der Waals surface area contributed by atoms with Crippen LogP contribution >= 0.6 is 47.5 Å². The van der Waals surface area contributed by atoms with Gasteiger partial charge in [-0.05, 0) is 27.0 Å². The molecule has 2 N–H and O–H groups in total. The zero-order valence-corrected chi connectivity index (χ0v) is 28.1. The second kappa shape index (κ2) is 14.3. The van der Waals surface area contributed by atoms with Crippen LogP contribution in [-0.2, 0) is 31.0 Å². The molecule has 47 heavy (non-hydrogen) atoms. The Balaban J connectivity index is 1.21. The molecule has 4 aromatic rings. The number of thioether (sulfide) groups is 2. The third kappa shape index (κ3) is 6.79. The van der Waals surface area contributed by atoms with E-state index in [2.05, 4.69) is 43.8 Å². The molecule has 0 saturated carbocycles. The number of ether oxygens (including phenoxy) is 1. The van der Waals surface area contributed by atoms with Crippen molar-refractivity contribution in [3.8, 4) is 0 Å². The number of aromatic nitrogens is 5. The predicted octanol–water partition coefficient (Wildman–Crippen LogP) is 3.02. The molecular formula is C30H28N8O5S4. The van der Waals surface area contributed by atoms with Gasteiger partial charge in [0.15, 0.2) is 11.2 Å². The average Bonchev–Trinajstić information content (AvgIpc) is 3.74. The van der Waals surface area contributed by atoms with Crippen LogP contribution in [-0.4, -0.2) is 83.8 Å². The Kier molecular flexibility index (Phi) is 9.95. The van der Waals surface area contributed by atoms with Crippen molar-refractivity contribution in [3.05, 3.63) is 88.3 Å². The minimum Gasteiger partial charge on any atom is -0.452 e. The van der Waals surface area contributed by atoms with Crippen LogP contribution < -0.4 is 10.6 Å². The molecule has 6 rings (SSSR count). The maximum atomic E-state index is 14.3. The van der Waals surface area contributed by atoms with Crippen molar-refractivity contribution in [2.24, 2.45) is 12.5 Å². The third-order valence-corrected chi connectivity index (χ3v) is 11.6. The van der Waals surface area contributed by atoms with E-state index in [1.54, 1.807) is 17.3 Å². The molecule has 3 amide bonds. The SMILES string of the molecule is Cn1nnnc1SCC1(C(=O)OC(c2ccccc2)c2ccccc2)CS[C@@H]2C(NC(=O)C(=CS)c3csc(NC=O)n3)C(=O)N2C1. The lowest BCUT2D eigenvalue weighted by atomic mass is 9.88. The van der Waals surface area contributed by atoms with Crippen molar-refractivity contribution in [2.75, 3.05) is 23.4 Å². The molecule has 2 aromatic carbocycles. The molecule has 2 aliphatic rings.